The van der Waals surface area contributed by atoms with E-state index in [1.165, 1.54) is 6.20 Å². The number of hydrogen-bond donors (Lipinski definition) is 1. The van der Waals surface area contributed by atoms with Crippen LogP contribution in [-0.2, 0) is 12.7 Å². The molecule has 0 atom stereocenters. The monoisotopic (exact) mass is 247 g/mol. The van der Waals surface area contributed by atoms with Crippen molar-refractivity contribution in [2.75, 3.05) is 6.54 Å². The molecule has 0 saturated heterocycles. The van der Waals surface area contributed by atoms with Crippen molar-refractivity contribution in [3.05, 3.63) is 23.3 Å². The van der Waals surface area contributed by atoms with Crippen LogP contribution in [0.1, 0.15) is 43.8 Å². The van der Waals surface area contributed by atoms with E-state index in [0.717, 1.165) is 0 Å². The molecule has 96 valence electrons. The second-order valence-electron chi connectivity index (χ2n) is 4.03. The van der Waals surface area contributed by atoms with E-state index in [-0.39, 0.29) is 23.9 Å². The van der Waals surface area contributed by atoms with Crippen LogP contribution in [0, 0.1) is 0 Å². The van der Waals surface area contributed by atoms with Gasteiger partial charge < -0.3 is 5.32 Å². The summed E-state index contributed by atoms with van der Waals surface area (Å²) in [5, 5.41) is 2.85. The zero-order valence-corrected chi connectivity index (χ0v) is 10.1. The largest absolute Gasteiger partial charge is 0.433 e. The van der Waals surface area contributed by atoms with Gasteiger partial charge in [0.2, 0.25) is 0 Å². The molecular formula is C11H16F3N3. The molecule has 0 aromatic carbocycles. The summed E-state index contributed by atoms with van der Waals surface area (Å²) < 4.78 is 38.4. The molecule has 0 fully saturated rings. The fourth-order valence-corrected chi connectivity index (χ4v) is 1.33. The first-order valence-corrected chi connectivity index (χ1v) is 5.50. The van der Waals surface area contributed by atoms with Gasteiger partial charge >= 0.3 is 6.18 Å². The van der Waals surface area contributed by atoms with Crippen LogP contribution in [0.15, 0.2) is 6.20 Å². The van der Waals surface area contributed by atoms with E-state index in [4.69, 9.17) is 0 Å². The summed E-state index contributed by atoms with van der Waals surface area (Å²) >= 11 is 0. The number of alkyl halides is 3. The normalized spacial score (nSPS) is 12.2. The molecule has 0 aliphatic rings. The number of nitrogens with zero attached hydrogens (tertiary/aromatic N) is 2. The van der Waals surface area contributed by atoms with Gasteiger partial charge in [0.25, 0.3) is 0 Å². The van der Waals surface area contributed by atoms with Crippen LogP contribution in [0.4, 0.5) is 13.2 Å². The minimum atomic E-state index is -4.43. The highest BCUT2D eigenvalue weighted by Crippen LogP contribution is 2.30. The smallest absolute Gasteiger partial charge is 0.313 e. The maximum absolute atomic E-state index is 12.8. The van der Waals surface area contributed by atoms with Gasteiger partial charge in [-0.15, -0.1) is 0 Å². The molecule has 6 heteroatoms. The summed E-state index contributed by atoms with van der Waals surface area (Å²) in [5.41, 5.74) is -0.749. The Hall–Kier alpha value is -1.17. The van der Waals surface area contributed by atoms with Gasteiger partial charge in [0, 0.05) is 24.2 Å². The van der Waals surface area contributed by atoms with Crippen LogP contribution in [0.3, 0.4) is 0 Å². The standard InChI is InChI=1S/C11H16F3N3/c1-4-15-5-8-6-16-10(7(2)3)17-9(8)11(12,13)14/h6-7,15H,4-5H2,1-3H3. The number of rotatable bonds is 4. The summed E-state index contributed by atoms with van der Waals surface area (Å²) in [7, 11) is 0. The summed E-state index contributed by atoms with van der Waals surface area (Å²) in [6.45, 7) is 6.09. The van der Waals surface area contributed by atoms with E-state index in [0.29, 0.717) is 6.54 Å². The zero-order chi connectivity index (χ0) is 13.1. The maximum atomic E-state index is 12.8. The predicted molar refractivity (Wildman–Crippen MR) is 58.5 cm³/mol. The number of hydrogen-bond acceptors (Lipinski definition) is 3. The van der Waals surface area contributed by atoms with Crippen molar-refractivity contribution in [1.29, 1.82) is 0 Å². The van der Waals surface area contributed by atoms with Crippen molar-refractivity contribution in [2.24, 2.45) is 0 Å². The number of halogens is 3. The molecule has 1 aromatic heterocycles. The van der Waals surface area contributed by atoms with Gasteiger partial charge in [-0.25, -0.2) is 9.97 Å². The molecule has 1 rings (SSSR count). The van der Waals surface area contributed by atoms with Gasteiger partial charge in [0.1, 0.15) is 5.82 Å². The second-order valence-corrected chi connectivity index (χ2v) is 4.03. The lowest BCUT2D eigenvalue weighted by molar-refractivity contribution is -0.142. The molecule has 17 heavy (non-hydrogen) atoms. The Kier molecular flexibility index (Phi) is 4.45. The zero-order valence-electron chi connectivity index (χ0n) is 10.1. The van der Waals surface area contributed by atoms with Gasteiger partial charge in [0.05, 0.1) is 0 Å². The Labute approximate surface area is 98.5 Å². The lowest BCUT2D eigenvalue weighted by Gasteiger charge is -2.14. The van der Waals surface area contributed by atoms with E-state index >= 15 is 0 Å². The number of nitrogens with one attached hydrogen (secondary N) is 1. The average Bonchev–Trinajstić information content (AvgIpc) is 2.24. The molecule has 0 amide bonds. The van der Waals surface area contributed by atoms with Crippen LogP contribution in [0.5, 0.6) is 0 Å². The first-order chi connectivity index (χ1) is 7.86. The Bertz CT molecular complexity index is 375. The van der Waals surface area contributed by atoms with Crippen molar-refractivity contribution in [3.8, 4) is 0 Å². The maximum Gasteiger partial charge on any atom is 0.433 e. The first-order valence-electron chi connectivity index (χ1n) is 5.50. The van der Waals surface area contributed by atoms with E-state index in [9.17, 15) is 13.2 Å². The van der Waals surface area contributed by atoms with Crippen LogP contribution < -0.4 is 5.32 Å². The highest BCUT2D eigenvalue weighted by molar-refractivity contribution is 5.21. The molecule has 3 nitrogen and oxygen atoms in total. The van der Waals surface area contributed by atoms with E-state index in [2.05, 4.69) is 15.3 Å². The Morgan fingerprint density at radius 2 is 2.00 bits per heavy atom. The third-order valence-electron chi connectivity index (χ3n) is 2.23. The van der Waals surface area contributed by atoms with Crippen LogP contribution in [0.25, 0.3) is 0 Å². The third kappa shape index (κ3) is 3.66. The lowest BCUT2D eigenvalue weighted by atomic mass is 10.1. The van der Waals surface area contributed by atoms with E-state index in [1.807, 2.05) is 6.92 Å². The van der Waals surface area contributed by atoms with E-state index in [1.54, 1.807) is 13.8 Å². The van der Waals surface area contributed by atoms with Crippen LogP contribution >= 0.6 is 0 Å². The first kappa shape index (κ1) is 13.9. The predicted octanol–water partition coefficient (Wildman–Crippen LogP) is 2.73. The van der Waals surface area contributed by atoms with Crippen molar-refractivity contribution >= 4 is 0 Å². The number of aromatic nitrogens is 2. The third-order valence-corrected chi connectivity index (χ3v) is 2.23. The fourth-order valence-electron chi connectivity index (χ4n) is 1.33. The van der Waals surface area contributed by atoms with Crippen molar-refractivity contribution < 1.29 is 13.2 Å². The minimum absolute atomic E-state index is 0.0868. The molecule has 0 aliphatic carbocycles. The lowest BCUT2D eigenvalue weighted by Crippen LogP contribution is -2.20. The van der Waals surface area contributed by atoms with Crippen molar-refractivity contribution in [2.45, 2.75) is 39.4 Å². The SMILES string of the molecule is CCNCc1cnc(C(C)C)nc1C(F)(F)F. The van der Waals surface area contributed by atoms with E-state index < -0.39 is 11.9 Å². The molecule has 0 bridgehead atoms. The Morgan fingerprint density at radius 3 is 2.47 bits per heavy atom. The highest BCUT2D eigenvalue weighted by Gasteiger charge is 2.36. The molecule has 1 aromatic rings. The molecule has 1 N–H and O–H groups in total. The summed E-state index contributed by atoms with van der Waals surface area (Å²) in [5.74, 6) is 0.0989. The summed E-state index contributed by atoms with van der Waals surface area (Å²) in [6, 6.07) is 0. The molecule has 0 spiro atoms. The molecule has 0 aliphatic heterocycles. The molecule has 0 radical (unpaired) electrons. The second kappa shape index (κ2) is 5.44. The molecular weight excluding hydrogens is 231 g/mol. The van der Waals surface area contributed by atoms with Gasteiger partial charge in [-0.2, -0.15) is 13.2 Å². The van der Waals surface area contributed by atoms with Gasteiger partial charge in [0.15, 0.2) is 5.69 Å². The van der Waals surface area contributed by atoms with Crippen LogP contribution in [0.2, 0.25) is 0 Å². The molecule has 0 unspecified atom stereocenters. The summed E-state index contributed by atoms with van der Waals surface area (Å²) in [6.07, 6.45) is -3.18. The molecule has 0 saturated carbocycles. The summed E-state index contributed by atoms with van der Waals surface area (Å²) in [4.78, 5) is 7.57. The van der Waals surface area contributed by atoms with Gasteiger partial charge in [-0.3, -0.25) is 0 Å². The van der Waals surface area contributed by atoms with Gasteiger partial charge in [-0.05, 0) is 6.54 Å². The highest BCUT2D eigenvalue weighted by atomic mass is 19.4. The average molecular weight is 247 g/mol. The fraction of sp³-hybridized carbons (Fsp3) is 0.636. The Morgan fingerprint density at radius 1 is 1.35 bits per heavy atom. The van der Waals surface area contributed by atoms with Gasteiger partial charge in [-0.1, -0.05) is 20.8 Å². The van der Waals surface area contributed by atoms with Crippen molar-refractivity contribution in [1.82, 2.24) is 15.3 Å². The minimum Gasteiger partial charge on any atom is -0.313 e. The van der Waals surface area contributed by atoms with Crippen molar-refractivity contribution in [3.63, 3.8) is 0 Å². The molecule has 1 heterocycles. The van der Waals surface area contributed by atoms with Crippen LogP contribution in [-0.4, -0.2) is 16.5 Å². The Balaban J connectivity index is 3.13. The topological polar surface area (TPSA) is 37.8 Å². The quantitative estimate of drug-likeness (QED) is 0.889.